The number of hydrogen-bond donors (Lipinski definition) is 0. The van der Waals surface area contributed by atoms with E-state index in [0.29, 0.717) is 66.1 Å². The second-order valence-electron chi connectivity index (χ2n) is 6.64. The highest BCUT2D eigenvalue weighted by molar-refractivity contribution is 5.20. The van der Waals surface area contributed by atoms with Gasteiger partial charge in [0.25, 0.3) is 0 Å². The van der Waals surface area contributed by atoms with Gasteiger partial charge in [-0.2, -0.15) is 0 Å². The number of ether oxygens (including phenoxy) is 6. The first-order chi connectivity index (χ1) is 14.4. The van der Waals surface area contributed by atoms with Gasteiger partial charge >= 0.3 is 0 Å². The van der Waals surface area contributed by atoms with Gasteiger partial charge in [0, 0.05) is 6.61 Å². The Morgan fingerprint density at radius 3 is 1.45 bits per heavy atom. The maximum Gasteiger partial charge on any atom is 0.119 e. The van der Waals surface area contributed by atoms with Crippen LogP contribution in [-0.2, 0) is 23.7 Å². The summed E-state index contributed by atoms with van der Waals surface area (Å²) in [6.45, 7) is 8.84. The van der Waals surface area contributed by atoms with Gasteiger partial charge in [-0.3, -0.25) is 0 Å². The summed E-state index contributed by atoms with van der Waals surface area (Å²) in [5.41, 5.74) is 0. The predicted octanol–water partition coefficient (Wildman–Crippen LogP) is 4.12. The SMILES string of the molecule is CCCCCCCOCCOCCOCCOCCOCCOc1ccccc1. The molecule has 0 N–H and O–H groups in total. The number of unbranched alkanes of at least 4 members (excludes halogenated alkanes) is 4. The second kappa shape index (κ2) is 21.5. The molecule has 0 saturated carbocycles. The van der Waals surface area contributed by atoms with Crippen molar-refractivity contribution in [3.8, 4) is 5.75 Å². The van der Waals surface area contributed by atoms with Crippen LogP contribution in [0.3, 0.4) is 0 Å². The van der Waals surface area contributed by atoms with E-state index in [1.54, 1.807) is 0 Å². The van der Waals surface area contributed by atoms with Gasteiger partial charge in [0.05, 0.1) is 59.5 Å². The minimum absolute atomic E-state index is 0.539. The van der Waals surface area contributed by atoms with Gasteiger partial charge in [-0.25, -0.2) is 0 Å². The fraction of sp³-hybridized carbons (Fsp3) is 0.739. The summed E-state index contributed by atoms with van der Waals surface area (Å²) in [6, 6.07) is 9.72. The third kappa shape index (κ3) is 18.6. The zero-order chi connectivity index (χ0) is 20.7. The highest BCUT2D eigenvalue weighted by Crippen LogP contribution is 2.07. The van der Waals surface area contributed by atoms with Crippen LogP contribution in [-0.4, -0.2) is 72.7 Å². The lowest BCUT2D eigenvalue weighted by atomic mass is 10.2. The Hall–Kier alpha value is -1.18. The van der Waals surface area contributed by atoms with Crippen LogP contribution in [0.4, 0.5) is 0 Å². The maximum absolute atomic E-state index is 5.54. The van der Waals surface area contributed by atoms with Crippen LogP contribution in [0.15, 0.2) is 30.3 Å². The van der Waals surface area contributed by atoms with E-state index in [2.05, 4.69) is 6.92 Å². The van der Waals surface area contributed by atoms with Crippen LogP contribution in [0.2, 0.25) is 0 Å². The van der Waals surface area contributed by atoms with Gasteiger partial charge in [0.15, 0.2) is 0 Å². The second-order valence-corrected chi connectivity index (χ2v) is 6.64. The molecule has 1 aromatic carbocycles. The Balaban J connectivity index is 1.66. The smallest absolute Gasteiger partial charge is 0.119 e. The van der Waals surface area contributed by atoms with E-state index in [1.807, 2.05) is 30.3 Å². The maximum atomic E-state index is 5.54. The van der Waals surface area contributed by atoms with E-state index in [0.717, 1.165) is 18.8 Å². The molecule has 0 bridgehead atoms. The molecule has 1 rings (SSSR count). The van der Waals surface area contributed by atoms with Gasteiger partial charge in [-0.1, -0.05) is 50.8 Å². The molecular formula is C23H40O6. The van der Waals surface area contributed by atoms with Crippen LogP contribution in [0.1, 0.15) is 39.0 Å². The lowest BCUT2D eigenvalue weighted by Crippen LogP contribution is -2.14. The first kappa shape index (κ1) is 25.9. The highest BCUT2D eigenvalue weighted by atomic mass is 16.6. The molecule has 0 aliphatic carbocycles. The minimum Gasteiger partial charge on any atom is -0.491 e. The molecule has 0 fully saturated rings. The van der Waals surface area contributed by atoms with Gasteiger partial charge in [0.1, 0.15) is 12.4 Å². The molecule has 0 unspecified atom stereocenters. The lowest BCUT2D eigenvalue weighted by molar-refractivity contribution is -0.0128. The Labute approximate surface area is 176 Å². The summed E-state index contributed by atoms with van der Waals surface area (Å²) in [7, 11) is 0. The predicted molar refractivity (Wildman–Crippen MR) is 115 cm³/mol. The molecule has 0 atom stereocenters. The molecule has 0 aromatic heterocycles. The number of para-hydroxylation sites is 1. The van der Waals surface area contributed by atoms with Crippen molar-refractivity contribution in [1.29, 1.82) is 0 Å². The Morgan fingerprint density at radius 2 is 0.931 bits per heavy atom. The fourth-order valence-electron chi connectivity index (χ4n) is 2.52. The van der Waals surface area contributed by atoms with E-state index >= 15 is 0 Å². The van der Waals surface area contributed by atoms with Crippen molar-refractivity contribution in [2.24, 2.45) is 0 Å². The van der Waals surface area contributed by atoms with E-state index in [4.69, 9.17) is 28.4 Å². The average Bonchev–Trinajstić information content (AvgIpc) is 2.75. The molecule has 0 amide bonds. The van der Waals surface area contributed by atoms with Crippen molar-refractivity contribution in [3.63, 3.8) is 0 Å². The molecule has 168 valence electrons. The Morgan fingerprint density at radius 1 is 0.483 bits per heavy atom. The normalized spacial score (nSPS) is 11.1. The van der Waals surface area contributed by atoms with Crippen LogP contribution < -0.4 is 4.74 Å². The van der Waals surface area contributed by atoms with Crippen LogP contribution in [0.5, 0.6) is 5.75 Å². The van der Waals surface area contributed by atoms with Crippen LogP contribution in [0.25, 0.3) is 0 Å². The topological polar surface area (TPSA) is 55.4 Å². The third-order valence-corrected chi connectivity index (χ3v) is 4.12. The molecule has 6 nitrogen and oxygen atoms in total. The van der Waals surface area contributed by atoms with Gasteiger partial charge in [-0.15, -0.1) is 0 Å². The summed E-state index contributed by atoms with van der Waals surface area (Å²) in [6.07, 6.45) is 6.33. The first-order valence-corrected chi connectivity index (χ1v) is 11.0. The van der Waals surface area contributed by atoms with E-state index in [1.165, 1.54) is 25.7 Å². The zero-order valence-corrected chi connectivity index (χ0v) is 18.1. The zero-order valence-electron chi connectivity index (χ0n) is 18.1. The molecule has 6 heteroatoms. The molecule has 0 saturated heterocycles. The third-order valence-electron chi connectivity index (χ3n) is 4.12. The lowest BCUT2D eigenvalue weighted by Gasteiger charge is -2.08. The summed E-state index contributed by atoms with van der Waals surface area (Å²) < 4.78 is 32.9. The average molecular weight is 413 g/mol. The summed E-state index contributed by atoms with van der Waals surface area (Å²) in [4.78, 5) is 0. The van der Waals surface area contributed by atoms with Gasteiger partial charge in [0.2, 0.25) is 0 Å². The van der Waals surface area contributed by atoms with Crippen molar-refractivity contribution in [3.05, 3.63) is 30.3 Å². The summed E-state index contributed by atoms with van der Waals surface area (Å²) in [5, 5.41) is 0. The van der Waals surface area contributed by atoms with E-state index in [9.17, 15) is 0 Å². The molecule has 0 aliphatic rings. The Bertz CT molecular complexity index is 429. The van der Waals surface area contributed by atoms with Crippen molar-refractivity contribution < 1.29 is 28.4 Å². The molecular weight excluding hydrogens is 372 g/mol. The number of hydrogen-bond acceptors (Lipinski definition) is 6. The molecule has 0 spiro atoms. The Kier molecular flexibility index (Phi) is 19.2. The molecule has 0 radical (unpaired) electrons. The van der Waals surface area contributed by atoms with Crippen molar-refractivity contribution >= 4 is 0 Å². The molecule has 29 heavy (non-hydrogen) atoms. The molecule has 0 heterocycles. The highest BCUT2D eigenvalue weighted by Gasteiger charge is 1.95. The number of benzene rings is 1. The van der Waals surface area contributed by atoms with Crippen molar-refractivity contribution in [2.45, 2.75) is 39.0 Å². The summed E-state index contributed by atoms with van der Waals surface area (Å²) >= 11 is 0. The van der Waals surface area contributed by atoms with Crippen LogP contribution >= 0.6 is 0 Å². The quantitative estimate of drug-likeness (QED) is 0.267. The van der Waals surface area contributed by atoms with Gasteiger partial charge in [-0.05, 0) is 18.6 Å². The fourth-order valence-corrected chi connectivity index (χ4v) is 2.52. The van der Waals surface area contributed by atoms with Crippen molar-refractivity contribution in [2.75, 3.05) is 72.7 Å². The van der Waals surface area contributed by atoms with Crippen molar-refractivity contribution in [1.82, 2.24) is 0 Å². The first-order valence-electron chi connectivity index (χ1n) is 11.0. The standard InChI is InChI=1S/C23H40O6/c1-2-3-4-5-9-12-24-13-14-25-15-16-26-17-18-27-19-20-28-21-22-29-23-10-7-6-8-11-23/h6-8,10-11H,2-5,9,12-22H2,1H3. The molecule has 1 aromatic rings. The summed E-state index contributed by atoms with van der Waals surface area (Å²) in [5.74, 6) is 0.860. The van der Waals surface area contributed by atoms with Gasteiger partial charge < -0.3 is 28.4 Å². The number of rotatable bonds is 22. The van der Waals surface area contributed by atoms with Crippen LogP contribution in [0, 0.1) is 0 Å². The largest absolute Gasteiger partial charge is 0.491 e. The molecule has 0 aliphatic heterocycles. The monoisotopic (exact) mass is 412 g/mol. The van der Waals surface area contributed by atoms with E-state index < -0.39 is 0 Å². The van der Waals surface area contributed by atoms with E-state index in [-0.39, 0.29) is 0 Å². The minimum atomic E-state index is 0.539.